The molecule has 0 amide bonds. The molecule has 2 heteroatoms. The van der Waals surface area contributed by atoms with Crippen molar-refractivity contribution in [3.63, 3.8) is 0 Å². The first-order valence-electron chi connectivity index (χ1n) is 7.12. The van der Waals surface area contributed by atoms with Crippen molar-refractivity contribution in [3.05, 3.63) is 65.7 Å². The van der Waals surface area contributed by atoms with E-state index in [0.29, 0.717) is 5.75 Å². The molecule has 2 aromatic carbocycles. The highest BCUT2D eigenvalue weighted by Gasteiger charge is 2.16. The lowest BCUT2D eigenvalue weighted by Crippen LogP contribution is -2.39. The Hall–Kier alpha value is -1.80. The number of phenolic OH excluding ortho intramolecular Hbond substituents is 1. The Morgan fingerprint density at radius 2 is 1.55 bits per heavy atom. The second-order valence-corrected chi connectivity index (χ2v) is 5.89. The van der Waals surface area contributed by atoms with Crippen LogP contribution in [0.1, 0.15) is 31.4 Å². The molecule has 0 unspecified atom stereocenters. The maximum Gasteiger partial charge on any atom is 0.115 e. The van der Waals surface area contributed by atoms with Crippen LogP contribution in [0.3, 0.4) is 0 Å². The van der Waals surface area contributed by atoms with E-state index in [1.165, 1.54) is 11.1 Å². The maximum absolute atomic E-state index is 9.27. The number of benzene rings is 2. The van der Waals surface area contributed by atoms with Crippen LogP contribution >= 0.6 is 0 Å². The van der Waals surface area contributed by atoms with E-state index >= 15 is 0 Å². The summed E-state index contributed by atoms with van der Waals surface area (Å²) in [4.78, 5) is 0. The first-order valence-corrected chi connectivity index (χ1v) is 7.12. The molecule has 0 saturated carbocycles. The molecular formula is C18H23NO. The van der Waals surface area contributed by atoms with Crippen molar-refractivity contribution in [2.24, 2.45) is 0 Å². The molecule has 2 N–H and O–H groups in total. The van der Waals surface area contributed by atoms with Crippen LogP contribution in [-0.2, 0) is 13.0 Å². The zero-order chi connectivity index (χ0) is 14.4. The predicted octanol–water partition coefficient (Wildman–Crippen LogP) is 3.89. The van der Waals surface area contributed by atoms with Gasteiger partial charge in [0.25, 0.3) is 0 Å². The molecule has 106 valence electrons. The molecule has 0 atom stereocenters. The standard InChI is InChI=1S/C18H23NO/c1-18(2,13-12-15-6-4-3-5-7-15)19-14-16-8-10-17(20)11-9-16/h3-11,19-20H,12-14H2,1-2H3. The summed E-state index contributed by atoms with van der Waals surface area (Å²) in [5.74, 6) is 0.317. The minimum absolute atomic E-state index is 0.0910. The van der Waals surface area contributed by atoms with Crippen LogP contribution in [0.25, 0.3) is 0 Å². The van der Waals surface area contributed by atoms with Gasteiger partial charge >= 0.3 is 0 Å². The predicted molar refractivity (Wildman–Crippen MR) is 83.8 cm³/mol. The van der Waals surface area contributed by atoms with Gasteiger partial charge in [0.15, 0.2) is 0 Å². The Labute approximate surface area is 121 Å². The zero-order valence-electron chi connectivity index (χ0n) is 12.3. The van der Waals surface area contributed by atoms with Crippen LogP contribution in [0.15, 0.2) is 54.6 Å². The lowest BCUT2D eigenvalue weighted by molar-refractivity contribution is 0.360. The fourth-order valence-electron chi connectivity index (χ4n) is 2.15. The average Bonchev–Trinajstić information content (AvgIpc) is 2.46. The number of aromatic hydroxyl groups is 1. The van der Waals surface area contributed by atoms with Gasteiger partial charge in [0.05, 0.1) is 0 Å². The van der Waals surface area contributed by atoms with Crippen molar-refractivity contribution in [2.75, 3.05) is 0 Å². The Bertz CT molecular complexity index is 517. The highest BCUT2D eigenvalue weighted by Crippen LogP contribution is 2.15. The molecule has 0 aliphatic heterocycles. The Morgan fingerprint density at radius 1 is 0.900 bits per heavy atom. The lowest BCUT2D eigenvalue weighted by Gasteiger charge is -2.26. The number of phenols is 1. The molecule has 0 aliphatic rings. The van der Waals surface area contributed by atoms with Gasteiger partial charge < -0.3 is 10.4 Å². The number of nitrogens with one attached hydrogen (secondary N) is 1. The Balaban J connectivity index is 1.83. The van der Waals surface area contributed by atoms with Crippen LogP contribution in [0.4, 0.5) is 0 Å². The molecule has 0 aromatic heterocycles. The van der Waals surface area contributed by atoms with Crippen molar-refractivity contribution < 1.29 is 5.11 Å². The van der Waals surface area contributed by atoms with E-state index in [-0.39, 0.29) is 5.54 Å². The van der Waals surface area contributed by atoms with Gasteiger partial charge in [-0.05, 0) is 49.9 Å². The van der Waals surface area contributed by atoms with Gasteiger partial charge in [0, 0.05) is 12.1 Å². The normalized spacial score (nSPS) is 11.5. The minimum atomic E-state index is 0.0910. The van der Waals surface area contributed by atoms with E-state index in [9.17, 15) is 5.11 Å². The van der Waals surface area contributed by atoms with Crippen LogP contribution in [-0.4, -0.2) is 10.6 Å². The third-order valence-corrected chi connectivity index (χ3v) is 3.59. The highest BCUT2D eigenvalue weighted by atomic mass is 16.3. The SMILES string of the molecule is CC(C)(CCc1ccccc1)NCc1ccc(O)cc1. The number of hydrogen-bond acceptors (Lipinski definition) is 2. The molecule has 0 fully saturated rings. The summed E-state index contributed by atoms with van der Waals surface area (Å²) in [6, 6.07) is 18.0. The Kier molecular flexibility index (Phi) is 4.80. The van der Waals surface area contributed by atoms with Gasteiger partial charge in [-0.2, -0.15) is 0 Å². The number of aryl methyl sites for hydroxylation is 1. The average molecular weight is 269 g/mol. The summed E-state index contributed by atoms with van der Waals surface area (Å²) >= 11 is 0. The summed E-state index contributed by atoms with van der Waals surface area (Å²) in [5, 5.41) is 12.9. The largest absolute Gasteiger partial charge is 0.508 e. The molecule has 0 spiro atoms. The zero-order valence-corrected chi connectivity index (χ0v) is 12.3. The van der Waals surface area contributed by atoms with Crippen molar-refractivity contribution in [3.8, 4) is 5.75 Å². The molecule has 20 heavy (non-hydrogen) atoms. The van der Waals surface area contributed by atoms with Crippen LogP contribution in [0.2, 0.25) is 0 Å². The minimum Gasteiger partial charge on any atom is -0.508 e. The van der Waals surface area contributed by atoms with Gasteiger partial charge in [0.2, 0.25) is 0 Å². The van der Waals surface area contributed by atoms with Gasteiger partial charge in [-0.1, -0.05) is 42.5 Å². The van der Waals surface area contributed by atoms with Gasteiger partial charge in [0.1, 0.15) is 5.75 Å². The third-order valence-electron chi connectivity index (χ3n) is 3.59. The molecular weight excluding hydrogens is 246 g/mol. The van der Waals surface area contributed by atoms with Crippen molar-refractivity contribution in [1.29, 1.82) is 0 Å². The molecule has 0 heterocycles. The highest BCUT2D eigenvalue weighted by molar-refractivity contribution is 5.25. The molecule has 0 radical (unpaired) electrons. The number of rotatable bonds is 6. The van der Waals surface area contributed by atoms with E-state index in [2.05, 4.69) is 49.5 Å². The first kappa shape index (κ1) is 14.6. The molecule has 0 saturated heterocycles. The fraction of sp³-hybridized carbons (Fsp3) is 0.333. The second kappa shape index (κ2) is 6.58. The van der Waals surface area contributed by atoms with E-state index in [1.54, 1.807) is 12.1 Å². The molecule has 0 aliphatic carbocycles. The van der Waals surface area contributed by atoms with E-state index in [1.807, 2.05) is 12.1 Å². The van der Waals surface area contributed by atoms with Gasteiger partial charge in [-0.15, -0.1) is 0 Å². The first-order chi connectivity index (χ1) is 9.55. The van der Waals surface area contributed by atoms with E-state index in [0.717, 1.165) is 19.4 Å². The third kappa shape index (κ3) is 4.71. The van der Waals surface area contributed by atoms with Crippen molar-refractivity contribution >= 4 is 0 Å². The van der Waals surface area contributed by atoms with Gasteiger partial charge in [-0.3, -0.25) is 0 Å². The molecule has 2 rings (SSSR count). The summed E-state index contributed by atoms with van der Waals surface area (Å²) in [6.45, 7) is 5.29. The summed E-state index contributed by atoms with van der Waals surface area (Å²) < 4.78 is 0. The summed E-state index contributed by atoms with van der Waals surface area (Å²) in [6.07, 6.45) is 2.17. The quantitative estimate of drug-likeness (QED) is 0.833. The van der Waals surface area contributed by atoms with Crippen LogP contribution in [0.5, 0.6) is 5.75 Å². The monoisotopic (exact) mass is 269 g/mol. The topological polar surface area (TPSA) is 32.3 Å². The molecule has 2 aromatic rings. The van der Waals surface area contributed by atoms with E-state index in [4.69, 9.17) is 0 Å². The van der Waals surface area contributed by atoms with Crippen molar-refractivity contribution in [2.45, 2.75) is 38.8 Å². The fourth-order valence-corrected chi connectivity index (χ4v) is 2.15. The number of hydrogen-bond donors (Lipinski definition) is 2. The van der Waals surface area contributed by atoms with Crippen LogP contribution in [0, 0.1) is 0 Å². The molecule has 2 nitrogen and oxygen atoms in total. The van der Waals surface area contributed by atoms with Crippen LogP contribution < -0.4 is 5.32 Å². The van der Waals surface area contributed by atoms with Crippen molar-refractivity contribution in [1.82, 2.24) is 5.32 Å². The van der Waals surface area contributed by atoms with E-state index < -0.39 is 0 Å². The Morgan fingerprint density at radius 3 is 2.20 bits per heavy atom. The molecule has 0 bridgehead atoms. The summed E-state index contributed by atoms with van der Waals surface area (Å²) in [5.41, 5.74) is 2.66. The second-order valence-electron chi connectivity index (χ2n) is 5.89. The lowest BCUT2D eigenvalue weighted by atomic mass is 9.95. The maximum atomic E-state index is 9.27. The summed E-state index contributed by atoms with van der Waals surface area (Å²) in [7, 11) is 0. The smallest absolute Gasteiger partial charge is 0.115 e. The van der Waals surface area contributed by atoms with Gasteiger partial charge in [-0.25, -0.2) is 0 Å².